The predicted octanol–water partition coefficient (Wildman–Crippen LogP) is 5.31. The average molecular weight is 458 g/mol. The molecule has 0 aliphatic heterocycles. The van der Waals surface area contributed by atoms with E-state index in [1.54, 1.807) is 30.4 Å². The molecule has 0 saturated heterocycles. The molecule has 3 rings (SSSR count). The monoisotopic (exact) mass is 457 g/mol. The van der Waals surface area contributed by atoms with E-state index in [9.17, 15) is 19.5 Å². The van der Waals surface area contributed by atoms with Gasteiger partial charge in [-0.05, 0) is 68.7 Å². The van der Waals surface area contributed by atoms with Gasteiger partial charge in [0.1, 0.15) is 17.1 Å². The summed E-state index contributed by atoms with van der Waals surface area (Å²) in [5.74, 6) is -0.110. The molecule has 2 aromatic heterocycles. The molecule has 0 radical (unpaired) electrons. The van der Waals surface area contributed by atoms with Crippen LogP contribution in [0.25, 0.3) is 6.08 Å². The maximum absolute atomic E-state index is 12.8. The highest BCUT2D eigenvalue weighted by atomic mass is 32.1. The number of hydrogen-bond donors (Lipinski definition) is 3. The number of aromatic hydroxyl groups is 1. The maximum atomic E-state index is 12.8. The number of ketones is 1. The van der Waals surface area contributed by atoms with E-state index >= 15 is 0 Å². The van der Waals surface area contributed by atoms with Gasteiger partial charge in [-0.25, -0.2) is 9.59 Å². The molecule has 0 bridgehead atoms. The van der Waals surface area contributed by atoms with E-state index in [0.717, 1.165) is 17.2 Å². The summed E-state index contributed by atoms with van der Waals surface area (Å²) in [7, 11) is 0. The Morgan fingerprint density at radius 2 is 2.09 bits per heavy atom. The summed E-state index contributed by atoms with van der Waals surface area (Å²) in [4.78, 5) is 37.9. The number of carbonyl (C=O) groups is 2. The van der Waals surface area contributed by atoms with Gasteiger partial charge in [0.15, 0.2) is 5.78 Å². The van der Waals surface area contributed by atoms with Crippen LogP contribution in [0.3, 0.4) is 0 Å². The molecule has 1 fully saturated rings. The molecule has 0 spiro atoms. The fraction of sp³-hybridized carbons (Fsp3) is 0.375. The summed E-state index contributed by atoms with van der Waals surface area (Å²) in [6.07, 6.45) is 8.29. The third-order valence-electron chi connectivity index (χ3n) is 5.34. The van der Waals surface area contributed by atoms with Crippen molar-refractivity contribution in [2.24, 2.45) is 5.92 Å². The van der Waals surface area contributed by atoms with Gasteiger partial charge in [-0.3, -0.25) is 10.1 Å². The van der Waals surface area contributed by atoms with Gasteiger partial charge in [0.05, 0.1) is 0 Å². The van der Waals surface area contributed by atoms with Crippen LogP contribution < -0.4 is 10.9 Å². The Morgan fingerprint density at radius 1 is 1.34 bits per heavy atom. The van der Waals surface area contributed by atoms with Gasteiger partial charge < -0.3 is 14.6 Å². The first-order valence-corrected chi connectivity index (χ1v) is 11.4. The first-order chi connectivity index (χ1) is 15.2. The normalized spacial score (nSPS) is 15.1. The second-order valence-electron chi connectivity index (χ2n) is 8.13. The number of carboxylic acid groups (broad SMARTS) is 1. The Bertz CT molecular complexity index is 1110. The van der Waals surface area contributed by atoms with Gasteiger partial charge in [-0.15, -0.1) is 11.3 Å². The van der Waals surface area contributed by atoms with Gasteiger partial charge in [-0.2, -0.15) is 0 Å². The molecule has 0 aromatic carbocycles. The number of thiophene rings is 1. The van der Waals surface area contributed by atoms with Crippen LogP contribution in [-0.2, 0) is 6.42 Å². The van der Waals surface area contributed by atoms with Crippen molar-refractivity contribution in [1.82, 2.24) is 5.32 Å². The maximum Gasteiger partial charge on any atom is 0.408 e. The highest BCUT2D eigenvalue weighted by Crippen LogP contribution is 2.35. The van der Waals surface area contributed by atoms with E-state index in [0.29, 0.717) is 18.4 Å². The summed E-state index contributed by atoms with van der Waals surface area (Å²) in [5.41, 5.74) is -0.882. The standard InChI is InChI=1S/C24H27NO6S/c1-14(5-3-4-10-25-24(29)30)20-13-19(26)21(23(28)31-20)22(27)15(2)11-17-8-9-18(32-17)12-16-6-7-16/h4,8-11,13-14,16,25-26H,3,5-7,12H2,1-2H3,(H,29,30)/b10-4+,15-11+. The van der Waals surface area contributed by atoms with E-state index < -0.39 is 23.3 Å². The minimum atomic E-state index is -1.15. The van der Waals surface area contributed by atoms with E-state index in [4.69, 9.17) is 9.52 Å². The summed E-state index contributed by atoms with van der Waals surface area (Å²) in [5, 5.41) is 21.0. The summed E-state index contributed by atoms with van der Waals surface area (Å²) < 4.78 is 5.33. The van der Waals surface area contributed by atoms with Crippen LogP contribution >= 0.6 is 11.3 Å². The minimum Gasteiger partial charge on any atom is -0.507 e. The predicted molar refractivity (Wildman–Crippen MR) is 123 cm³/mol. The number of nitrogens with one attached hydrogen (secondary N) is 1. The molecule has 2 heterocycles. The number of Topliss-reactive ketones (excluding diaryl/α,β-unsaturated/α-hetero) is 1. The summed E-state index contributed by atoms with van der Waals surface area (Å²) >= 11 is 1.63. The molecule has 7 nitrogen and oxygen atoms in total. The number of hydrogen-bond acceptors (Lipinski definition) is 6. The van der Waals surface area contributed by atoms with Crippen LogP contribution in [-0.4, -0.2) is 22.1 Å². The van der Waals surface area contributed by atoms with Gasteiger partial charge in [0.2, 0.25) is 0 Å². The zero-order chi connectivity index (χ0) is 23.3. The van der Waals surface area contributed by atoms with Crippen molar-refractivity contribution < 1.29 is 24.2 Å². The van der Waals surface area contributed by atoms with E-state index in [1.807, 2.05) is 13.0 Å². The zero-order valence-corrected chi connectivity index (χ0v) is 18.9. The Kier molecular flexibility index (Phi) is 7.69. The third-order valence-corrected chi connectivity index (χ3v) is 6.39. The van der Waals surface area contributed by atoms with Crippen LogP contribution in [0.1, 0.15) is 71.3 Å². The fourth-order valence-corrected chi connectivity index (χ4v) is 4.45. The topological polar surface area (TPSA) is 117 Å². The van der Waals surface area contributed by atoms with Gasteiger partial charge in [-0.1, -0.05) is 13.0 Å². The molecule has 1 unspecified atom stereocenters. The van der Waals surface area contributed by atoms with Gasteiger partial charge >= 0.3 is 11.7 Å². The van der Waals surface area contributed by atoms with Crippen LogP contribution in [0.15, 0.2) is 45.3 Å². The molecular weight excluding hydrogens is 430 g/mol. The molecule has 1 saturated carbocycles. The largest absolute Gasteiger partial charge is 0.507 e. The van der Waals surface area contributed by atoms with Crippen molar-refractivity contribution in [3.8, 4) is 5.75 Å². The lowest BCUT2D eigenvalue weighted by Crippen LogP contribution is -2.16. The average Bonchev–Trinajstić information content (AvgIpc) is 3.43. The van der Waals surface area contributed by atoms with Crippen molar-refractivity contribution in [3.63, 3.8) is 0 Å². The van der Waals surface area contributed by atoms with E-state index in [1.165, 1.54) is 30.0 Å². The summed E-state index contributed by atoms with van der Waals surface area (Å²) in [6.45, 7) is 3.44. The second-order valence-corrected chi connectivity index (χ2v) is 9.33. The highest BCUT2D eigenvalue weighted by molar-refractivity contribution is 7.12. The number of rotatable bonds is 10. The first-order valence-electron chi connectivity index (χ1n) is 10.6. The number of carbonyl (C=O) groups excluding carboxylic acids is 1. The molecule has 1 aliphatic rings. The Morgan fingerprint density at radius 3 is 2.75 bits per heavy atom. The third kappa shape index (κ3) is 6.43. The fourth-order valence-electron chi connectivity index (χ4n) is 3.32. The Hall–Kier alpha value is -3.13. The van der Waals surface area contributed by atoms with Crippen LogP contribution in [0, 0.1) is 5.92 Å². The SMILES string of the molecule is C/C(=C\c1ccc(CC2CC2)s1)C(=O)c1c(O)cc(C(C)CC/C=C/NC(=O)O)oc1=O. The lowest BCUT2D eigenvalue weighted by molar-refractivity contribution is 0.102. The molecule has 1 aliphatic carbocycles. The molecule has 8 heteroatoms. The van der Waals surface area contributed by atoms with Crippen molar-refractivity contribution in [2.45, 2.75) is 51.9 Å². The molecule has 1 amide bonds. The minimum absolute atomic E-state index is 0.208. The Labute approximate surface area is 190 Å². The summed E-state index contributed by atoms with van der Waals surface area (Å²) in [6, 6.07) is 5.35. The van der Waals surface area contributed by atoms with Gasteiger partial charge in [0, 0.05) is 27.9 Å². The smallest absolute Gasteiger partial charge is 0.408 e. The number of allylic oxidation sites excluding steroid dienone is 2. The first kappa shape index (κ1) is 23.5. The van der Waals surface area contributed by atoms with Crippen molar-refractivity contribution in [3.05, 3.63) is 67.5 Å². The molecule has 3 N–H and O–H groups in total. The van der Waals surface area contributed by atoms with Crippen LogP contribution in [0.2, 0.25) is 0 Å². The van der Waals surface area contributed by atoms with Crippen molar-refractivity contribution in [1.29, 1.82) is 0 Å². The lowest BCUT2D eigenvalue weighted by Gasteiger charge is -2.11. The van der Waals surface area contributed by atoms with Crippen LogP contribution in [0.5, 0.6) is 5.75 Å². The lowest BCUT2D eigenvalue weighted by atomic mass is 10.00. The highest BCUT2D eigenvalue weighted by Gasteiger charge is 2.23. The van der Waals surface area contributed by atoms with E-state index in [-0.39, 0.29) is 17.2 Å². The van der Waals surface area contributed by atoms with Gasteiger partial charge in [0.25, 0.3) is 0 Å². The Balaban J connectivity index is 1.68. The zero-order valence-electron chi connectivity index (χ0n) is 18.1. The number of amides is 1. The van der Waals surface area contributed by atoms with Crippen molar-refractivity contribution in [2.75, 3.05) is 0 Å². The quantitative estimate of drug-likeness (QED) is 0.329. The molecule has 1 atom stereocenters. The molecular formula is C24H27NO6S. The second kappa shape index (κ2) is 10.5. The molecule has 2 aromatic rings. The van der Waals surface area contributed by atoms with Crippen LogP contribution in [0.4, 0.5) is 4.79 Å². The molecule has 170 valence electrons. The molecule has 32 heavy (non-hydrogen) atoms. The van der Waals surface area contributed by atoms with Crippen molar-refractivity contribution >= 4 is 29.3 Å². The van der Waals surface area contributed by atoms with E-state index in [2.05, 4.69) is 11.4 Å².